The maximum Gasteiger partial charge on any atom is 0.176 e. The molecule has 0 spiro atoms. The van der Waals surface area contributed by atoms with Gasteiger partial charge in [0, 0.05) is 16.1 Å². The van der Waals surface area contributed by atoms with Crippen LogP contribution < -0.4 is 0 Å². The number of nitrogens with zero attached hydrogens (tertiary/aromatic N) is 2. The molecular weight excluding hydrogens is 272 g/mol. The Morgan fingerprint density at radius 2 is 1.60 bits per heavy atom. The van der Waals surface area contributed by atoms with Crippen LogP contribution in [0, 0.1) is 6.92 Å². The number of hydrogen-bond acceptors (Lipinski definition) is 2. The quantitative estimate of drug-likeness (QED) is 0.708. The summed E-state index contributed by atoms with van der Waals surface area (Å²) in [4.78, 5) is 4.55. The highest BCUT2D eigenvalue weighted by molar-refractivity contribution is 6.30. The average molecular weight is 285 g/mol. The van der Waals surface area contributed by atoms with Gasteiger partial charge >= 0.3 is 0 Å². The minimum atomic E-state index is 0.512. The molecule has 0 bridgehead atoms. The molecule has 20 heavy (non-hydrogen) atoms. The second kappa shape index (κ2) is 5.02. The lowest BCUT2D eigenvalue weighted by Crippen LogP contribution is -1.96. The van der Waals surface area contributed by atoms with Gasteiger partial charge in [0.15, 0.2) is 5.82 Å². The topological polar surface area (TPSA) is 38.0 Å². The normalized spacial score (nSPS) is 10.7. The number of hydrogen-bond donors (Lipinski definition) is 1. The lowest BCUT2D eigenvalue weighted by atomic mass is 10.1. The van der Waals surface area contributed by atoms with E-state index in [4.69, 9.17) is 11.6 Å². The average Bonchev–Trinajstić information content (AvgIpc) is 2.77. The molecule has 1 heterocycles. The van der Waals surface area contributed by atoms with Crippen LogP contribution in [0.1, 0.15) is 5.69 Å². The Labute approximate surface area is 122 Å². The van der Waals surface area contributed by atoms with E-state index in [1.807, 2.05) is 49.4 Å². The van der Waals surface area contributed by atoms with Crippen LogP contribution in [0.2, 0.25) is 5.02 Å². The van der Waals surface area contributed by atoms with Crippen LogP contribution in [0.3, 0.4) is 0 Å². The van der Waals surface area contributed by atoms with Crippen molar-refractivity contribution in [3.05, 3.63) is 65.3 Å². The highest BCUT2D eigenvalue weighted by Gasteiger charge is 2.15. The molecule has 0 fully saturated rings. The van der Waals surface area contributed by atoms with Gasteiger partial charge in [-0.25, -0.2) is 4.98 Å². The first-order chi connectivity index (χ1) is 9.66. The summed E-state index contributed by atoms with van der Waals surface area (Å²) in [7, 11) is 0. The third kappa shape index (κ3) is 2.17. The van der Waals surface area contributed by atoms with Crippen molar-refractivity contribution in [1.29, 1.82) is 0 Å². The van der Waals surface area contributed by atoms with Crippen LogP contribution in [0.25, 0.3) is 22.6 Å². The van der Waals surface area contributed by atoms with E-state index in [1.165, 1.54) is 0 Å². The molecular formula is C16H13ClN2O. The van der Waals surface area contributed by atoms with Crippen molar-refractivity contribution >= 4 is 11.6 Å². The summed E-state index contributed by atoms with van der Waals surface area (Å²) in [6.07, 6.45) is 0. The molecule has 0 radical (unpaired) electrons. The monoisotopic (exact) mass is 284 g/mol. The van der Waals surface area contributed by atoms with Crippen molar-refractivity contribution in [2.45, 2.75) is 6.92 Å². The van der Waals surface area contributed by atoms with Gasteiger partial charge in [0.2, 0.25) is 0 Å². The van der Waals surface area contributed by atoms with Crippen LogP contribution in [0.5, 0.6) is 0 Å². The van der Waals surface area contributed by atoms with Gasteiger partial charge in [0.1, 0.15) is 0 Å². The van der Waals surface area contributed by atoms with Gasteiger partial charge in [-0.3, -0.25) is 0 Å². The van der Waals surface area contributed by atoms with E-state index in [2.05, 4.69) is 4.98 Å². The van der Waals surface area contributed by atoms with Crippen LogP contribution >= 0.6 is 11.6 Å². The van der Waals surface area contributed by atoms with Crippen LogP contribution in [-0.2, 0) is 0 Å². The SMILES string of the molecule is Cc1c(-c2ccccc2)nc(-c2ccc(Cl)cc2)n1O. The van der Waals surface area contributed by atoms with Crippen molar-refractivity contribution in [1.82, 2.24) is 9.71 Å². The number of imidazole rings is 1. The van der Waals surface area contributed by atoms with E-state index < -0.39 is 0 Å². The van der Waals surface area contributed by atoms with Gasteiger partial charge in [-0.2, -0.15) is 4.73 Å². The van der Waals surface area contributed by atoms with Crippen molar-refractivity contribution in [2.75, 3.05) is 0 Å². The molecule has 0 unspecified atom stereocenters. The summed E-state index contributed by atoms with van der Waals surface area (Å²) >= 11 is 5.88. The van der Waals surface area contributed by atoms with Gasteiger partial charge in [0.05, 0.1) is 11.4 Å². The fourth-order valence-corrected chi connectivity index (χ4v) is 2.27. The predicted octanol–water partition coefficient (Wildman–Crippen LogP) is 4.42. The molecule has 3 aromatic rings. The molecule has 2 aromatic carbocycles. The first-order valence-electron chi connectivity index (χ1n) is 6.27. The second-order valence-corrected chi connectivity index (χ2v) is 4.99. The molecule has 0 amide bonds. The Morgan fingerprint density at radius 1 is 0.950 bits per heavy atom. The zero-order chi connectivity index (χ0) is 14.1. The molecule has 4 heteroatoms. The van der Waals surface area contributed by atoms with E-state index in [0.717, 1.165) is 21.6 Å². The highest BCUT2D eigenvalue weighted by Crippen LogP contribution is 2.28. The Kier molecular flexibility index (Phi) is 3.20. The lowest BCUT2D eigenvalue weighted by Gasteiger charge is -2.01. The number of aromatic nitrogens is 2. The first kappa shape index (κ1) is 12.8. The molecule has 0 aliphatic heterocycles. The van der Waals surface area contributed by atoms with E-state index in [1.54, 1.807) is 12.1 Å². The maximum absolute atomic E-state index is 10.2. The second-order valence-electron chi connectivity index (χ2n) is 4.55. The van der Waals surface area contributed by atoms with E-state index in [-0.39, 0.29) is 0 Å². The summed E-state index contributed by atoms with van der Waals surface area (Å²) < 4.78 is 1.12. The predicted molar refractivity (Wildman–Crippen MR) is 80.0 cm³/mol. The molecule has 1 aromatic heterocycles. The largest absolute Gasteiger partial charge is 0.427 e. The standard InChI is InChI=1S/C16H13ClN2O/c1-11-15(12-5-3-2-4-6-12)18-16(19(11)20)13-7-9-14(17)10-8-13/h2-10,20H,1H3. The zero-order valence-electron chi connectivity index (χ0n) is 10.9. The van der Waals surface area contributed by atoms with Gasteiger partial charge in [-0.15, -0.1) is 0 Å². The number of benzene rings is 2. The van der Waals surface area contributed by atoms with Crippen molar-refractivity contribution in [3.63, 3.8) is 0 Å². The minimum absolute atomic E-state index is 0.512. The zero-order valence-corrected chi connectivity index (χ0v) is 11.7. The van der Waals surface area contributed by atoms with Gasteiger partial charge in [0.25, 0.3) is 0 Å². The molecule has 0 aliphatic rings. The molecule has 3 rings (SSSR count). The van der Waals surface area contributed by atoms with E-state index in [0.29, 0.717) is 16.5 Å². The Hall–Kier alpha value is -2.26. The van der Waals surface area contributed by atoms with Crippen LogP contribution in [0.4, 0.5) is 0 Å². The molecule has 1 N–H and O–H groups in total. The summed E-state index contributed by atoms with van der Waals surface area (Å²) in [5.41, 5.74) is 3.29. The molecule has 0 atom stereocenters. The van der Waals surface area contributed by atoms with Crippen molar-refractivity contribution < 1.29 is 5.21 Å². The number of halogens is 1. The molecule has 3 nitrogen and oxygen atoms in total. The summed E-state index contributed by atoms with van der Waals surface area (Å²) in [5, 5.41) is 10.9. The fraction of sp³-hybridized carbons (Fsp3) is 0.0625. The Bertz CT molecular complexity index is 733. The molecule has 0 saturated heterocycles. The Balaban J connectivity index is 2.13. The highest BCUT2D eigenvalue weighted by atomic mass is 35.5. The third-order valence-corrected chi connectivity index (χ3v) is 3.48. The van der Waals surface area contributed by atoms with E-state index >= 15 is 0 Å². The van der Waals surface area contributed by atoms with E-state index in [9.17, 15) is 5.21 Å². The fourth-order valence-electron chi connectivity index (χ4n) is 2.15. The van der Waals surface area contributed by atoms with Gasteiger partial charge in [-0.05, 0) is 31.2 Å². The summed E-state index contributed by atoms with van der Waals surface area (Å²) in [6.45, 7) is 1.84. The first-order valence-corrected chi connectivity index (χ1v) is 6.64. The summed E-state index contributed by atoms with van der Waals surface area (Å²) in [6, 6.07) is 17.0. The number of rotatable bonds is 2. The third-order valence-electron chi connectivity index (χ3n) is 3.23. The smallest absolute Gasteiger partial charge is 0.176 e. The summed E-state index contributed by atoms with van der Waals surface area (Å²) in [5.74, 6) is 0.512. The maximum atomic E-state index is 10.2. The molecule has 0 saturated carbocycles. The Morgan fingerprint density at radius 3 is 2.25 bits per heavy atom. The van der Waals surface area contributed by atoms with Crippen molar-refractivity contribution in [2.24, 2.45) is 0 Å². The van der Waals surface area contributed by atoms with Crippen LogP contribution in [0.15, 0.2) is 54.6 Å². The minimum Gasteiger partial charge on any atom is -0.427 e. The molecule has 0 aliphatic carbocycles. The lowest BCUT2D eigenvalue weighted by molar-refractivity contribution is 0.185. The molecule has 100 valence electrons. The van der Waals surface area contributed by atoms with Crippen LogP contribution in [-0.4, -0.2) is 14.9 Å². The van der Waals surface area contributed by atoms with Gasteiger partial charge < -0.3 is 5.21 Å². The van der Waals surface area contributed by atoms with Crippen molar-refractivity contribution in [3.8, 4) is 22.6 Å². The van der Waals surface area contributed by atoms with Gasteiger partial charge in [-0.1, -0.05) is 41.9 Å².